The van der Waals surface area contributed by atoms with Gasteiger partial charge >= 0.3 is 0 Å². The van der Waals surface area contributed by atoms with Gasteiger partial charge in [0.15, 0.2) is 0 Å². The molecule has 1 aromatic heterocycles. The molecule has 0 bridgehead atoms. The topological polar surface area (TPSA) is 34.1 Å². The zero-order valence-electron chi connectivity index (χ0n) is 11.9. The van der Waals surface area contributed by atoms with Crippen LogP contribution in [0.1, 0.15) is 45.6 Å². The minimum atomic E-state index is 0.202. The molecule has 0 amide bonds. The van der Waals surface area contributed by atoms with Crippen LogP contribution in [0.25, 0.3) is 0 Å². The van der Waals surface area contributed by atoms with E-state index in [0.29, 0.717) is 12.0 Å². The molecule has 3 nitrogen and oxygen atoms in total. The molecule has 0 saturated heterocycles. The molecule has 1 fully saturated rings. The van der Waals surface area contributed by atoms with Crippen molar-refractivity contribution >= 4 is 15.9 Å². The van der Waals surface area contributed by atoms with E-state index in [1.54, 1.807) is 6.20 Å². The minimum Gasteiger partial charge on any atom is -0.474 e. The lowest BCUT2D eigenvalue weighted by molar-refractivity contribution is 0.183. The van der Waals surface area contributed by atoms with Crippen molar-refractivity contribution < 1.29 is 4.74 Å². The summed E-state index contributed by atoms with van der Waals surface area (Å²) in [5.41, 5.74) is 1.14. The fourth-order valence-electron chi connectivity index (χ4n) is 2.15. The molecule has 19 heavy (non-hydrogen) atoms. The Kier molecular flexibility index (Phi) is 5.22. The average Bonchev–Trinajstić information content (AvgIpc) is 3.12. The first-order valence-electron chi connectivity index (χ1n) is 7.09. The van der Waals surface area contributed by atoms with Crippen LogP contribution in [0, 0.1) is 5.92 Å². The number of aromatic nitrogens is 1. The van der Waals surface area contributed by atoms with Gasteiger partial charge in [0.05, 0.1) is 6.10 Å². The van der Waals surface area contributed by atoms with Crippen LogP contribution < -0.4 is 10.1 Å². The lowest BCUT2D eigenvalue weighted by atomic mass is 10.1. The SMILES string of the molecule is CC(C)CC(C)Oc1ncc(Br)cc1CNC1CC1. The first-order valence-corrected chi connectivity index (χ1v) is 7.88. The number of ether oxygens (including phenoxy) is 1. The molecule has 1 aliphatic carbocycles. The summed E-state index contributed by atoms with van der Waals surface area (Å²) in [4.78, 5) is 4.41. The molecule has 1 aliphatic rings. The second-order valence-corrected chi connectivity index (χ2v) is 6.75. The molecule has 1 unspecified atom stereocenters. The Bertz CT molecular complexity index is 419. The van der Waals surface area contributed by atoms with Gasteiger partial charge in [0.25, 0.3) is 0 Å². The van der Waals surface area contributed by atoms with E-state index in [-0.39, 0.29) is 6.10 Å². The molecule has 2 rings (SSSR count). The summed E-state index contributed by atoms with van der Waals surface area (Å²) in [5, 5.41) is 3.51. The lowest BCUT2D eigenvalue weighted by Crippen LogP contribution is -2.19. The first-order chi connectivity index (χ1) is 9.04. The largest absolute Gasteiger partial charge is 0.474 e. The van der Waals surface area contributed by atoms with E-state index in [1.165, 1.54) is 12.8 Å². The third kappa shape index (κ3) is 5.11. The average molecular weight is 327 g/mol. The Hall–Kier alpha value is -0.610. The molecular weight excluding hydrogens is 304 g/mol. The van der Waals surface area contributed by atoms with Crippen LogP contribution in [0.3, 0.4) is 0 Å². The maximum atomic E-state index is 5.99. The second kappa shape index (κ2) is 6.71. The summed E-state index contributed by atoms with van der Waals surface area (Å²) in [5.74, 6) is 1.41. The molecule has 106 valence electrons. The van der Waals surface area contributed by atoms with Crippen LogP contribution in [0.4, 0.5) is 0 Å². The fourth-order valence-corrected chi connectivity index (χ4v) is 2.52. The van der Waals surface area contributed by atoms with Gasteiger partial charge in [0.1, 0.15) is 0 Å². The predicted octanol–water partition coefficient (Wildman–Crippen LogP) is 3.91. The molecule has 4 heteroatoms. The Labute approximate surface area is 124 Å². The van der Waals surface area contributed by atoms with Gasteiger partial charge in [0, 0.05) is 28.8 Å². The van der Waals surface area contributed by atoms with Gasteiger partial charge in [-0.3, -0.25) is 0 Å². The van der Waals surface area contributed by atoms with Crippen molar-refractivity contribution in [1.82, 2.24) is 10.3 Å². The summed E-state index contributed by atoms with van der Waals surface area (Å²) in [7, 11) is 0. The van der Waals surface area contributed by atoms with Crippen molar-refractivity contribution in [3.63, 3.8) is 0 Å². The molecule has 1 atom stereocenters. The van der Waals surface area contributed by atoms with Crippen LogP contribution >= 0.6 is 15.9 Å². The van der Waals surface area contributed by atoms with Crippen molar-refractivity contribution in [3.8, 4) is 5.88 Å². The maximum Gasteiger partial charge on any atom is 0.218 e. The highest BCUT2D eigenvalue weighted by atomic mass is 79.9. The number of hydrogen-bond acceptors (Lipinski definition) is 3. The van der Waals surface area contributed by atoms with E-state index in [9.17, 15) is 0 Å². The zero-order chi connectivity index (χ0) is 13.8. The standard InChI is InChI=1S/C15H23BrN2O/c1-10(2)6-11(3)19-15-12(7-13(16)9-18-15)8-17-14-4-5-14/h7,9-11,14,17H,4-6,8H2,1-3H3. The van der Waals surface area contributed by atoms with Crippen molar-refractivity contribution in [1.29, 1.82) is 0 Å². The molecular formula is C15H23BrN2O. The smallest absolute Gasteiger partial charge is 0.218 e. The van der Waals surface area contributed by atoms with Gasteiger partial charge < -0.3 is 10.1 Å². The predicted molar refractivity (Wildman–Crippen MR) is 81.3 cm³/mol. The molecule has 1 saturated carbocycles. The van der Waals surface area contributed by atoms with Crippen LogP contribution in [0.15, 0.2) is 16.7 Å². The highest BCUT2D eigenvalue weighted by Gasteiger charge is 2.21. The number of halogens is 1. The summed E-state index contributed by atoms with van der Waals surface area (Å²) in [6.45, 7) is 7.37. The normalized spacial score (nSPS) is 16.7. The lowest BCUT2D eigenvalue weighted by Gasteiger charge is -2.18. The summed E-state index contributed by atoms with van der Waals surface area (Å²) in [6, 6.07) is 2.79. The number of rotatable bonds is 7. The molecule has 0 radical (unpaired) electrons. The molecule has 1 aromatic rings. The van der Waals surface area contributed by atoms with Gasteiger partial charge in [0.2, 0.25) is 5.88 Å². The summed E-state index contributed by atoms with van der Waals surface area (Å²) < 4.78 is 7.00. The van der Waals surface area contributed by atoms with Crippen LogP contribution in [0.5, 0.6) is 5.88 Å². The maximum absolute atomic E-state index is 5.99. The van der Waals surface area contributed by atoms with Gasteiger partial charge in [-0.25, -0.2) is 4.98 Å². The van der Waals surface area contributed by atoms with Crippen LogP contribution in [-0.2, 0) is 6.54 Å². The van der Waals surface area contributed by atoms with E-state index < -0.39 is 0 Å². The monoisotopic (exact) mass is 326 g/mol. The van der Waals surface area contributed by atoms with Gasteiger partial charge in [-0.1, -0.05) is 13.8 Å². The molecule has 0 aliphatic heterocycles. The van der Waals surface area contributed by atoms with Crippen molar-refractivity contribution in [2.75, 3.05) is 0 Å². The number of hydrogen-bond donors (Lipinski definition) is 1. The molecule has 1 N–H and O–H groups in total. The zero-order valence-corrected chi connectivity index (χ0v) is 13.5. The highest BCUT2D eigenvalue weighted by molar-refractivity contribution is 9.10. The summed E-state index contributed by atoms with van der Waals surface area (Å²) in [6.07, 6.45) is 5.64. The van der Waals surface area contributed by atoms with Crippen LogP contribution in [-0.4, -0.2) is 17.1 Å². The van der Waals surface area contributed by atoms with Crippen molar-refractivity contribution in [3.05, 3.63) is 22.3 Å². The van der Waals surface area contributed by atoms with Crippen LogP contribution in [0.2, 0.25) is 0 Å². The Morgan fingerprint density at radius 1 is 1.42 bits per heavy atom. The van der Waals surface area contributed by atoms with Gasteiger partial charge in [-0.2, -0.15) is 0 Å². The van der Waals surface area contributed by atoms with E-state index in [4.69, 9.17) is 4.74 Å². The van der Waals surface area contributed by atoms with E-state index >= 15 is 0 Å². The van der Waals surface area contributed by atoms with E-state index in [1.807, 2.05) is 0 Å². The Balaban J connectivity index is 2.00. The third-order valence-corrected chi connectivity index (χ3v) is 3.60. The Morgan fingerprint density at radius 2 is 2.16 bits per heavy atom. The molecule has 1 heterocycles. The van der Waals surface area contributed by atoms with Gasteiger partial charge in [-0.15, -0.1) is 0 Å². The van der Waals surface area contributed by atoms with E-state index in [2.05, 4.69) is 53.1 Å². The van der Waals surface area contributed by atoms with Crippen molar-refractivity contribution in [2.45, 2.75) is 58.7 Å². The minimum absolute atomic E-state index is 0.202. The second-order valence-electron chi connectivity index (χ2n) is 5.83. The first kappa shape index (κ1) is 14.8. The summed E-state index contributed by atoms with van der Waals surface area (Å²) >= 11 is 3.48. The number of pyridine rings is 1. The quantitative estimate of drug-likeness (QED) is 0.824. The van der Waals surface area contributed by atoms with Gasteiger partial charge in [-0.05, 0) is 54.1 Å². The highest BCUT2D eigenvalue weighted by Crippen LogP contribution is 2.24. The van der Waals surface area contributed by atoms with E-state index in [0.717, 1.165) is 28.9 Å². The molecule has 0 spiro atoms. The fraction of sp³-hybridized carbons (Fsp3) is 0.667. The number of nitrogens with one attached hydrogen (secondary N) is 1. The molecule has 0 aromatic carbocycles. The van der Waals surface area contributed by atoms with Crippen molar-refractivity contribution in [2.24, 2.45) is 5.92 Å². The third-order valence-electron chi connectivity index (χ3n) is 3.17. The number of nitrogens with zero attached hydrogens (tertiary/aromatic N) is 1. The Morgan fingerprint density at radius 3 is 2.79 bits per heavy atom.